The van der Waals surface area contributed by atoms with Gasteiger partial charge in [0.1, 0.15) is 12.7 Å². The highest BCUT2D eigenvalue weighted by Crippen LogP contribution is 2.34. The molecule has 1 amide bonds. The lowest BCUT2D eigenvalue weighted by Crippen LogP contribution is -2.27. The van der Waals surface area contributed by atoms with E-state index in [9.17, 15) is 18.0 Å². The number of aromatic nitrogens is 5. The van der Waals surface area contributed by atoms with Crippen molar-refractivity contribution in [2.45, 2.75) is 19.3 Å². The second-order valence-corrected chi connectivity index (χ2v) is 7.27. The van der Waals surface area contributed by atoms with Crippen LogP contribution in [0.3, 0.4) is 0 Å². The van der Waals surface area contributed by atoms with Gasteiger partial charge in [-0.15, -0.1) is 0 Å². The first-order chi connectivity index (χ1) is 15.3. The number of halogens is 4. The molecule has 0 spiro atoms. The quantitative estimate of drug-likeness (QED) is 0.469. The molecule has 4 aromatic rings. The Labute approximate surface area is 185 Å². The summed E-state index contributed by atoms with van der Waals surface area (Å²) >= 11 is 5.82. The number of hydrogen-bond donors (Lipinski definition) is 1. The van der Waals surface area contributed by atoms with E-state index in [0.717, 1.165) is 17.3 Å². The second kappa shape index (κ2) is 8.83. The van der Waals surface area contributed by atoms with Crippen molar-refractivity contribution >= 4 is 17.5 Å². The Kier molecular flexibility index (Phi) is 5.95. The molecule has 0 radical (unpaired) electrons. The first-order valence-electron chi connectivity index (χ1n) is 9.41. The third-order valence-corrected chi connectivity index (χ3v) is 4.96. The van der Waals surface area contributed by atoms with E-state index < -0.39 is 23.3 Å². The van der Waals surface area contributed by atoms with Crippen LogP contribution >= 0.6 is 11.6 Å². The highest BCUT2D eigenvalue weighted by molar-refractivity contribution is 6.30. The normalized spacial score (nSPS) is 11.5. The lowest BCUT2D eigenvalue weighted by molar-refractivity contribution is -0.143. The van der Waals surface area contributed by atoms with E-state index >= 15 is 0 Å². The molecule has 7 nitrogen and oxygen atoms in total. The van der Waals surface area contributed by atoms with E-state index in [1.807, 2.05) is 12.1 Å². The van der Waals surface area contributed by atoms with Gasteiger partial charge in [0.2, 0.25) is 0 Å². The molecule has 0 aliphatic heterocycles. The number of carbonyl (C=O) groups excluding carboxylic acids is 1. The van der Waals surface area contributed by atoms with Crippen molar-refractivity contribution in [1.29, 1.82) is 0 Å². The molecule has 2 heterocycles. The topological polar surface area (TPSA) is 77.6 Å². The molecule has 1 N–H and O–H groups in total. The van der Waals surface area contributed by atoms with Crippen molar-refractivity contribution in [1.82, 2.24) is 29.9 Å². The molecule has 4 rings (SSSR count). The summed E-state index contributed by atoms with van der Waals surface area (Å²) in [7, 11) is 0. The molecule has 2 aromatic carbocycles. The molecule has 2 aromatic heterocycles. The van der Waals surface area contributed by atoms with Gasteiger partial charge in [-0.25, -0.2) is 14.3 Å². The molecule has 0 atom stereocenters. The first kappa shape index (κ1) is 21.6. The molecular formula is C21H16ClF3N6O. The zero-order valence-electron chi connectivity index (χ0n) is 16.4. The Hall–Kier alpha value is -3.66. The minimum absolute atomic E-state index is 0.0348. The van der Waals surface area contributed by atoms with Crippen LogP contribution in [0, 0.1) is 0 Å². The molecule has 164 valence electrons. The second-order valence-electron chi connectivity index (χ2n) is 6.84. The third-order valence-electron chi connectivity index (χ3n) is 4.71. The van der Waals surface area contributed by atoms with Crippen LogP contribution in [-0.4, -0.2) is 30.5 Å². The molecule has 0 bridgehead atoms. The van der Waals surface area contributed by atoms with Gasteiger partial charge in [0.05, 0.1) is 24.0 Å². The fourth-order valence-electron chi connectivity index (χ4n) is 3.21. The van der Waals surface area contributed by atoms with Crippen LogP contribution in [0.1, 0.15) is 27.2 Å². The standard InChI is InChI=1S/C21H16ClF3N6O/c22-16-5-7-17(8-6-16)31-19(21(23,24)25)18(10-28-31)20(32)27-9-14-3-1-2-4-15(14)11-30-13-26-12-29-30/h1-8,10,12-13H,9,11H2,(H,27,32). The van der Waals surface area contributed by atoms with Gasteiger partial charge in [0.15, 0.2) is 5.69 Å². The van der Waals surface area contributed by atoms with E-state index in [0.29, 0.717) is 16.2 Å². The summed E-state index contributed by atoms with van der Waals surface area (Å²) in [5.74, 6) is -0.881. The number of benzene rings is 2. The summed E-state index contributed by atoms with van der Waals surface area (Å²) in [5.41, 5.74) is 0.00888. The van der Waals surface area contributed by atoms with Crippen molar-refractivity contribution in [3.05, 3.63) is 94.8 Å². The van der Waals surface area contributed by atoms with Gasteiger partial charge in [-0.05, 0) is 35.4 Å². The minimum Gasteiger partial charge on any atom is -0.348 e. The van der Waals surface area contributed by atoms with E-state index in [4.69, 9.17) is 11.6 Å². The largest absolute Gasteiger partial charge is 0.434 e. The van der Waals surface area contributed by atoms with Crippen molar-refractivity contribution < 1.29 is 18.0 Å². The highest BCUT2D eigenvalue weighted by atomic mass is 35.5. The predicted molar refractivity (Wildman–Crippen MR) is 110 cm³/mol. The number of nitrogens with one attached hydrogen (secondary N) is 1. The molecule has 0 saturated carbocycles. The number of nitrogens with zero attached hydrogens (tertiary/aromatic N) is 5. The summed E-state index contributed by atoms with van der Waals surface area (Å²) in [4.78, 5) is 16.6. The zero-order valence-corrected chi connectivity index (χ0v) is 17.2. The molecule has 11 heteroatoms. The average molecular weight is 461 g/mol. The van der Waals surface area contributed by atoms with E-state index in [2.05, 4.69) is 20.5 Å². The molecule has 32 heavy (non-hydrogen) atoms. The van der Waals surface area contributed by atoms with Gasteiger partial charge in [-0.3, -0.25) is 4.79 Å². The van der Waals surface area contributed by atoms with Crippen molar-refractivity contribution in [2.24, 2.45) is 0 Å². The average Bonchev–Trinajstić information content (AvgIpc) is 3.43. The number of amides is 1. The summed E-state index contributed by atoms with van der Waals surface area (Å²) in [6.07, 6.45) is -0.931. The predicted octanol–water partition coefficient (Wildman–Crippen LogP) is 4.11. The van der Waals surface area contributed by atoms with E-state index in [1.165, 1.54) is 30.6 Å². The van der Waals surface area contributed by atoms with Gasteiger partial charge < -0.3 is 5.32 Å². The van der Waals surface area contributed by atoms with Crippen LogP contribution in [0.2, 0.25) is 5.02 Å². The maximum Gasteiger partial charge on any atom is 0.434 e. The van der Waals surface area contributed by atoms with Gasteiger partial charge in [-0.2, -0.15) is 23.4 Å². The molecule has 0 saturated heterocycles. The Morgan fingerprint density at radius 2 is 1.75 bits per heavy atom. The lowest BCUT2D eigenvalue weighted by atomic mass is 10.1. The van der Waals surface area contributed by atoms with Crippen LogP contribution in [0.5, 0.6) is 0 Å². The summed E-state index contributed by atoms with van der Waals surface area (Å²) < 4.78 is 43.8. The summed E-state index contributed by atoms with van der Waals surface area (Å²) in [5, 5.41) is 10.8. The van der Waals surface area contributed by atoms with Crippen LogP contribution in [-0.2, 0) is 19.3 Å². The molecule has 0 aliphatic rings. The minimum atomic E-state index is -4.80. The van der Waals surface area contributed by atoms with Crippen LogP contribution in [0.25, 0.3) is 5.69 Å². The zero-order chi connectivity index (χ0) is 22.7. The van der Waals surface area contributed by atoms with Gasteiger partial charge in [0.25, 0.3) is 5.91 Å². The maximum absolute atomic E-state index is 13.8. The Morgan fingerprint density at radius 1 is 1.03 bits per heavy atom. The molecule has 0 fully saturated rings. The van der Waals surface area contributed by atoms with Crippen LogP contribution in [0.15, 0.2) is 67.4 Å². The SMILES string of the molecule is O=C(NCc1ccccc1Cn1cncn1)c1cnn(-c2ccc(Cl)cc2)c1C(F)(F)F. The van der Waals surface area contributed by atoms with Crippen molar-refractivity contribution in [3.8, 4) is 5.69 Å². The van der Waals surface area contributed by atoms with E-state index in [1.54, 1.807) is 23.1 Å². The fraction of sp³-hybridized carbons (Fsp3) is 0.143. The molecule has 0 aliphatic carbocycles. The van der Waals surface area contributed by atoms with Gasteiger partial charge in [0, 0.05) is 11.6 Å². The van der Waals surface area contributed by atoms with Crippen LogP contribution in [0.4, 0.5) is 13.2 Å². The van der Waals surface area contributed by atoms with E-state index in [-0.39, 0.29) is 12.2 Å². The first-order valence-corrected chi connectivity index (χ1v) is 9.79. The Balaban J connectivity index is 1.58. The van der Waals surface area contributed by atoms with Crippen LogP contribution < -0.4 is 5.32 Å². The maximum atomic E-state index is 13.8. The van der Waals surface area contributed by atoms with Crippen molar-refractivity contribution in [2.75, 3.05) is 0 Å². The molecular weight excluding hydrogens is 445 g/mol. The number of alkyl halides is 3. The number of carbonyl (C=O) groups is 1. The highest BCUT2D eigenvalue weighted by Gasteiger charge is 2.40. The number of hydrogen-bond acceptors (Lipinski definition) is 4. The Morgan fingerprint density at radius 3 is 2.41 bits per heavy atom. The number of rotatable bonds is 6. The van der Waals surface area contributed by atoms with Gasteiger partial charge >= 0.3 is 6.18 Å². The van der Waals surface area contributed by atoms with Crippen molar-refractivity contribution in [3.63, 3.8) is 0 Å². The summed E-state index contributed by atoms with van der Waals surface area (Å²) in [6, 6.07) is 12.9. The third kappa shape index (κ3) is 4.65. The smallest absolute Gasteiger partial charge is 0.348 e. The summed E-state index contributed by atoms with van der Waals surface area (Å²) in [6.45, 7) is 0.446. The molecule has 0 unspecified atom stereocenters. The fourth-order valence-corrected chi connectivity index (χ4v) is 3.34. The Bertz CT molecular complexity index is 1220. The monoisotopic (exact) mass is 460 g/mol. The van der Waals surface area contributed by atoms with Gasteiger partial charge in [-0.1, -0.05) is 35.9 Å². The lowest BCUT2D eigenvalue weighted by Gasteiger charge is -2.14.